The number of halogens is 1. The highest BCUT2D eigenvalue weighted by Gasteiger charge is 2.33. The van der Waals surface area contributed by atoms with Crippen LogP contribution in [0.4, 0.5) is 10.2 Å². The molecule has 3 rings (SSSR count). The molecule has 1 aliphatic carbocycles. The topological polar surface area (TPSA) is 62.5 Å². The van der Waals surface area contributed by atoms with Gasteiger partial charge in [-0.1, -0.05) is 0 Å². The zero-order chi connectivity index (χ0) is 13.4. The van der Waals surface area contributed by atoms with Crippen LogP contribution in [0.5, 0.6) is 0 Å². The second kappa shape index (κ2) is 4.77. The van der Waals surface area contributed by atoms with E-state index in [1.807, 2.05) is 0 Å². The Morgan fingerprint density at radius 2 is 2.00 bits per heavy atom. The predicted octanol–water partition coefficient (Wildman–Crippen LogP) is 0.723. The lowest BCUT2D eigenvalue weighted by Gasteiger charge is -2.34. The minimum atomic E-state index is -0.711. The van der Waals surface area contributed by atoms with E-state index in [0.717, 1.165) is 13.1 Å². The molecule has 0 aromatic carbocycles. The standard InChI is InChI=1S/C13H17FN4O/c14-11-10(3-4-16-12(11)15)13(19)18-7-5-17(6-8-18)9-1-2-9/h3-4,9H,1-2,5-8H2,(H2,15,16). The molecule has 2 aliphatic rings. The van der Waals surface area contributed by atoms with Crippen molar-refractivity contribution < 1.29 is 9.18 Å². The van der Waals surface area contributed by atoms with Crippen LogP contribution in [0.1, 0.15) is 23.2 Å². The first-order valence-corrected chi connectivity index (χ1v) is 6.60. The maximum atomic E-state index is 13.8. The smallest absolute Gasteiger partial charge is 0.257 e. The van der Waals surface area contributed by atoms with Crippen molar-refractivity contribution in [3.63, 3.8) is 0 Å². The summed E-state index contributed by atoms with van der Waals surface area (Å²) in [7, 11) is 0. The molecule has 102 valence electrons. The number of piperazine rings is 1. The van der Waals surface area contributed by atoms with E-state index in [-0.39, 0.29) is 17.3 Å². The fourth-order valence-corrected chi connectivity index (χ4v) is 2.53. The number of rotatable bonds is 2. The zero-order valence-electron chi connectivity index (χ0n) is 10.7. The van der Waals surface area contributed by atoms with Gasteiger partial charge in [-0.15, -0.1) is 0 Å². The maximum Gasteiger partial charge on any atom is 0.257 e. The highest BCUT2D eigenvalue weighted by atomic mass is 19.1. The molecule has 1 aromatic heterocycles. The van der Waals surface area contributed by atoms with Crippen LogP contribution >= 0.6 is 0 Å². The number of carbonyl (C=O) groups is 1. The van der Waals surface area contributed by atoms with Gasteiger partial charge >= 0.3 is 0 Å². The largest absolute Gasteiger partial charge is 0.381 e. The van der Waals surface area contributed by atoms with Crippen molar-refractivity contribution in [3.8, 4) is 0 Å². The highest BCUT2D eigenvalue weighted by molar-refractivity contribution is 5.95. The Morgan fingerprint density at radius 3 is 2.63 bits per heavy atom. The van der Waals surface area contributed by atoms with E-state index in [0.29, 0.717) is 19.1 Å². The van der Waals surface area contributed by atoms with Gasteiger partial charge in [0.1, 0.15) is 0 Å². The van der Waals surface area contributed by atoms with Crippen LogP contribution in [0.3, 0.4) is 0 Å². The Bertz CT molecular complexity index is 495. The van der Waals surface area contributed by atoms with Crippen molar-refractivity contribution in [2.45, 2.75) is 18.9 Å². The molecule has 0 radical (unpaired) electrons. The summed E-state index contributed by atoms with van der Waals surface area (Å²) in [4.78, 5) is 20.0. The molecular formula is C13H17FN4O. The first kappa shape index (κ1) is 12.3. The predicted molar refractivity (Wildman–Crippen MR) is 69.1 cm³/mol. The molecule has 6 heteroatoms. The van der Waals surface area contributed by atoms with Gasteiger partial charge in [0, 0.05) is 38.4 Å². The summed E-state index contributed by atoms with van der Waals surface area (Å²) in [6.45, 7) is 3.05. The molecule has 2 N–H and O–H groups in total. The molecule has 1 saturated heterocycles. The van der Waals surface area contributed by atoms with E-state index in [1.165, 1.54) is 25.1 Å². The van der Waals surface area contributed by atoms with Crippen LogP contribution in [0, 0.1) is 5.82 Å². The fraction of sp³-hybridized carbons (Fsp3) is 0.538. The lowest BCUT2D eigenvalue weighted by Crippen LogP contribution is -2.49. The second-order valence-corrected chi connectivity index (χ2v) is 5.12. The lowest BCUT2D eigenvalue weighted by molar-refractivity contribution is 0.0622. The van der Waals surface area contributed by atoms with E-state index < -0.39 is 5.82 Å². The van der Waals surface area contributed by atoms with E-state index >= 15 is 0 Å². The first-order chi connectivity index (χ1) is 9.16. The highest BCUT2D eigenvalue weighted by Crippen LogP contribution is 2.27. The van der Waals surface area contributed by atoms with Gasteiger partial charge in [0.2, 0.25) is 0 Å². The van der Waals surface area contributed by atoms with Crippen LogP contribution in [0.15, 0.2) is 12.3 Å². The number of nitrogens with zero attached hydrogens (tertiary/aromatic N) is 3. The number of amides is 1. The van der Waals surface area contributed by atoms with Gasteiger partial charge in [-0.25, -0.2) is 9.37 Å². The normalized spacial score (nSPS) is 20.6. The molecule has 0 atom stereocenters. The van der Waals surface area contributed by atoms with E-state index in [2.05, 4.69) is 9.88 Å². The zero-order valence-corrected chi connectivity index (χ0v) is 10.7. The summed E-state index contributed by atoms with van der Waals surface area (Å²) in [5.41, 5.74) is 5.41. The van der Waals surface area contributed by atoms with Crippen molar-refractivity contribution in [1.29, 1.82) is 0 Å². The Hall–Kier alpha value is -1.69. The van der Waals surface area contributed by atoms with Crippen molar-refractivity contribution in [2.75, 3.05) is 31.9 Å². The summed E-state index contributed by atoms with van der Waals surface area (Å²) in [5, 5.41) is 0. The number of nitrogen functional groups attached to an aromatic ring is 1. The number of anilines is 1. The Kier molecular flexibility index (Phi) is 3.10. The molecule has 0 bridgehead atoms. The minimum Gasteiger partial charge on any atom is -0.381 e. The van der Waals surface area contributed by atoms with E-state index in [9.17, 15) is 9.18 Å². The van der Waals surface area contributed by atoms with Gasteiger partial charge in [-0.05, 0) is 18.9 Å². The molecule has 1 saturated carbocycles. The molecule has 2 fully saturated rings. The van der Waals surface area contributed by atoms with Crippen LogP contribution in [0.2, 0.25) is 0 Å². The summed E-state index contributed by atoms with van der Waals surface area (Å²) < 4.78 is 13.8. The van der Waals surface area contributed by atoms with Crippen molar-refractivity contribution >= 4 is 11.7 Å². The number of hydrogen-bond donors (Lipinski definition) is 1. The monoisotopic (exact) mass is 264 g/mol. The fourth-order valence-electron chi connectivity index (χ4n) is 2.53. The quantitative estimate of drug-likeness (QED) is 0.855. The van der Waals surface area contributed by atoms with Crippen molar-refractivity contribution in [2.24, 2.45) is 0 Å². The van der Waals surface area contributed by atoms with E-state index in [1.54, 1.807) is 4.90 Å². The van der Waals surface area contributed by atoms with Gasteiger partial charge < -0.3 is 10.6 Å². The molecule has 2 heterocycles. The number of hydrogen-bond acceptors (Lipinski definition) is 4. The first-order valence-electron chi connectivity index (χ1n) is 6.60. The molecule has 1 aliphatic heterocycles. The average Bonchev–Trinajstić information content (AvgIpc) is 3.26. The van der Waals surface area contributed by atoms with Crippen molar-refractivity contribution in [3.05, 3.63) is 23.6 Å². The third-order valence-corrected chi connectivity index (χ3v) is 3.81. The maximum absolute atomic E-state index is 13.8. The number of aromatic nitrogens is 1. The summed E-state index contributed by atoms with van der Waals surface area (Å²) in [5.74, 6) is -1.22. The number of pyridine rings is 1. The molecule has 5 nitrogen and oxygen atoms in total. The summed E-state index contributed by atoms with van der Waals surface area (Å²) >= 11 is 0. The second-order valence-electron chi connectivity index (χ2n) is 5.12. The molecule has 1 amide bonds. The molecule has 19 heavy (non-hydrogen) atoms. The van der Waals surface area contributed by atoms with Gasteiger partial charge in [-0.3, -0.25) is 9.69 Å². The van der Waals surface area contributed by atoms with Crippen LogP contribution < -0.4 is 5.73 Å². The number of nitrogens with two attached hydrogens (primary N) is 1. The SMILES string of the molecule is Nc1nccc(C(=O)N2CCN(C3CC3)CC2)c1F. The Morgan fingerprint density at radius 1 is 1.32 bits per heavy atom. The summed E-state index contributed by atoms with van der Waals surface area (Å²) in [6.07, 6.45) is 3.90. The lowest BCUT2D eigenvalue weighted by atomic mass is 10.2. The van der Waals surface area contributed by atoms with Gasteiger partial charge in [0.15, 0.2) is 11.6 Å². The number of carbonyl (C=O) groups excluding carboxylic acids is 1. The summed E-state index contributed by atoms with van der Waals surface area (Å²) in [6, 6.07) is 2.10. The molecule has 0 spiro atoms. The third kappa shape index (κ3) is 2.40. The van der Waals surface area contributed by atoms with Gasteiger partial charge in [-0.2, -0.15) is 0 Å². The minimum absolute atomic E-state index is 0.0207. The van der Waals surface area contributed by atoms with Crippen LogP contribution in [-0.2, 0) is 0 Å². The molecule has 0 unspecified atom stereocenters. The average molecular weight is 264 g/mol. The van der Waals surface area contributed by atoms with E-state index in [4.69, 9.17) is 5.73 Å². The van der Waals surface area contributed by atoms with Gasteiger partial charge in [0.05, 0.1) is 5.56 Å². The molecule has 1 aromatic rings. The third-order valence-electron chi connectivity index (χ3n) is 3.81. The Labute approximate surface area is 111 Å². The Balaban J connectivity index is 1.69. The van der Waals surface area contributed by atoms with Crippen LogP contribution in [0.25, 0.3) is 0 Å². The molecular weight excluding hydrogens is 247 g/mol. The van der Waals surface area contributed by atoms with Gasteiger partial charge in [0.25, 0.3) is 5.91 Å². The van der Waals surface area contributed by atoms with Crippen LogP contribution in [-0.4, -0.2) is 52.9 Å². The van der Waals surface area contributed by atoms with Crippen molar-refractivity contribution in [1.82, 2.24) is 14.8 Å².